The van der Waals surface area contributed by atoms with Crippen LogP contribution >= 0.6 is 11.8 Å². The van der Waals surface area contributed by atoms with Gasteiger partial charge < -0.3 is 31.0 Å². The van der Waals surface area contributed by atoms with Gasteiger partial charge in [0.1, 0.15) is 23.2 Å². The molecule has 2 aliphatic rings. The van der Waals surface area contributed by atoms with E-state index in [4.69, 9.17) is 5.73 Å². The van der Waals surface area contributed by atoms with E-state index in [1.54, 1.807) is 13.8 Å². The van der Waals surface area contributed by atoms with E-state index >= 15 is 0 Å². The molecule has 4 N–H and O–H groups in total. The van der Waals surface area contributed by atoms with Crippen LogP contribution in [0.2, 0.25) is 0 Å². The highest BCUT2D eigenvalue weighted by atomic mass is 32.2. The summed E-state index contributed by atoms with van der Waals surface area (Å²) in [6, 6.07) is 3.02. The van der Waals surface area contributed by atoms with E-state index in [0.717, 1.165) is 0 Å². The van der Waals surface area contributed by atoms with Crippen LogP contribution in [-0.2, 0) is 14.4 Å². The van der Waals surface area contributed by atoms with E-state index in [1.807, 2.05) is 0 Å². The van der Waals surface area contributed by atoms with Crippen molar-refractivity contribution in [2.24, 2.45) is 5.73 Å². The van der Waals surface area contributed by atoms with Crippen LogP contribution in [0.1, 0.15) is 25.5 Å². The molecule has 3 rings (SSSR count). The normalized spacial score (nSPS) is 28.0. The van der Waals surface area contributed by atoms with Crippen LogP contribution < -0.4 is 16.2 Å². The summed E-state index contributed by atoms with van der Waals surface area (Å²) in [7, 11) is 0. The van der Waals surface area contributed by atoms with Crippen molar-refractivity contribution in [3.8, 4) is 5.75 Å². The Labute approximate surface area is 148 Å². The number of phenolic OH excluding ortho intramolecular Hbond substituents is 1. The molecule has 2 heterocycles. The number of carboxylic acid groups (broad SMARTS) is 1. The quantitative estimate of drug-likeness (QED) is 0.564. The number of aliphatic carboxylic acids is 1. The standard InChI is InChI=1S/C16H19N3O5S/c1-16(2)11(15(23)24)19-13(22)10(14(19)25-16)18-12(21)9(17)7-3-5-8(20)6-4-7/h3-6,9-11,14,20H,17H2,1-2H3,(H,18,21)(H,23,24)/p-1. The molecular weight excluding hydrogens is 346 g/mol. The average molecular weight is 364 g/mol. The summed E-state index contributed by atoms with van der Waals surface area (Å²) in [6.07, 6.45) is 0. The number of hydrogen-bond acceptors (Lipinski definition) is 7. The molecule has 4 atom stereocenters. The Balaban J connectivity index is 1.70. The average Bonchev–Trinajstić information content (AvgIpc) is 2.80. The second-order valence-corrected chi connectivity index (χ2v) is 8.41. The van der Waals surface area contributed by atoms with Gasteiger partial charge in [0.05, 0.1) is 12.0 Å². The summed E-state index contributed by atoms with van der Waals surface area (Å²) < 4.78 is -0.711. The predicted octanol–water partition coefficient (Wildman–Crippen LogP) is -1.31. The first-order chi connectivity index (χ1) is 11.6. The zero-order valence-corrected chi connectivity index (χ0v) is 14.4. The van der Waals surface area contributed by atoms with Crippen LogP contribution in [0.15, 0.2) is 24.3 Å². The number of hydrogen-bond donors (Lipinski definition) is 3. The van der Waals surface area contributed by atoms with Gasteiger partial charge >= 0.3 is 0 Å². The maximum atomic E-state index is 12.3. The molecule has 25 heavy (non-hydrogen) atoms. The Kier molecular flexibility index (Phi) is 4.16. The maximum Gasteiger partial charge on any atom is 0.249 e. The Morgan fingerprint density at radius 2 is 1.96 bits per heavy atom. The smallest absolute Gasteiger partial charge is 0.249 e. The maximum absolute atomic E-state index is 12.3. The highest BCUT2D eigenvalue weighted by Gasteiger charge is 2.62. The highest BCUT2D eigenvalue weighted by molar-refractivity contribution is 8.01. The van der Waals surface area contributed by atoms with Crippen molar-refractivity contribution in [2.75, 3.05) is 0 Å². The topological polar surface area (TPSA) is 136 Å². The van der Waals surface area contributed by atoms with E-state index in [9.17, 15) is 24.6 Å². The molecule has 0 aromatic heterocycles. The lowest BCUT2D eigenvalue weighted by Gasteiger charge is -2.45. The van der Waals surface area contributed by atoms with Crippen molar-refractivity contribution < 1.29 is 24.6 Å². The van der Waals surface area contributed by atoms with E-state index in [2.05, 4.69) is 5.32 Å². The molecule has 134 valence electrons. The lowest BCUT2D eigenvalue weighted by Crippen LogP contribution is -2.72. The Morgan fingerprint density at radius 3 is 2.52 bits per heavy atom. The fourth-order valence-electron chi connectivity index (χ4n) is 3.20. The number of phenols is 1. The molecule has 0 radical (unpaired) electrons. The molecule has 1 aromatic carbocycles. The first-order valence-corrected chi connectivity index (χ1v) is 8.57. The molecule has 1 aromatic rings. The van der Waals surface area contributed by atoms with E-state index in [0.29, 0.717) is 5.56 Å². The third-order valence-corrected chi connectivity index (χ3v) is 6.07. The third kappa shape index (κ3) is 2.83. The van der Waals surface area contributed by atoms with Crippen molar-refractivity contribution in [3.05, 3.63) is 29.8 Å². The SMILES string of the molecule is CC1(C)SC2C(NC(=O)C(N)c3ccc(O)cc3)C(=O)N2C1C(=O)[O-]. The van der Waals surface area contributed by atoms with Gasteiger partial charge in [-0.25, -0.2) is 0 Å². The van der Waals surface area contributed by atoms with Crippen molar-refractivity contribution in [2.45, 2.75) is 42.1 Å². The first-order valence-electron chi connectivity index (χ1n) is 7.69. The summed E-state index contributed by atoms with van der Waals surface area (Å²) in [5.74, 6) is -2.25. The van der Waals surface area contributed by atoms with Gasteiger partial charge in [-0.3, -0.25) is 9.59 Å². The van der Waals surface area contributed by atoms with Crippen molar-refractivity contribution in [3.63, 3.8) is 0 Å². The minimum absolute atomic E-state index is 0.0547. The molecule has 0 bridgehead atoms. The number of rotatable bonds is 4. The number of carbonyl (C=O) groups excluding carboxylic acids is 3. The van der Waals surface area contributed by atoms with Crippen LogP contribution in [0.3, 0.4) is 0 Å². The van der Waals surface area contributed by atoms with Crippen molar-refractivity contribution in [1.29, 1.82) is 0 Å². The van der Waals surface area contributed by atoms with Gasteiger partial charge in [-0.1, -0.05) is 12.1 Å². The number of nitrogens with two attached hydrogens (primary N) is 1. The van der Waals surface area contributed by atoms with Gasteiger partial charge in [0.2, 0.25) is 11.8 Å². The largest absolute Gasteiger partial charge is 0.548 e. The Hall–Kier alpha value is -2.26. The third-order valence-electron chi connectivity index (χ3n) is 4.50. The molecule has 0 saturated carbocycles. The second kappa shape index (κ2) is 5.92. The fraction of sp³-hybridized carbons (Fsp3) is 0.438. The minimum Gasteiger partial charge on any atom is -0.548 e. The van der Waals surface area contributed by atoms with Crippen molar-refractivity contribution in [1.82, 2.24) is 10.2 Å². The number of nitrogens with zero attached hydrogens (tertiary/aromatic N) is 1. The molecule has 2 aliphatic heterocycles. The molecular formula is C16H18N3O5S-. The number of carboxylic acids is 1. The minimum atomic E-state index is -1.31. The zero-order chi connectivity index (χ0) is 18.5. The van der Waals surface area contributed by atoms with E-state index in [-0.39, 0.29) is 5.75 Å². The van der Waals surface area contributed by atoms with Crippen LogP contribution in [-0.4, -0.2) is 50.0 Å². The summed E-state index contributed by atoms with van der Waals surface area (Å²) in [6.45, 7) is 3.45. The fourth-order valence-corrected chi connectivity index (χ4v) is 4.82. The zero-order valence-electron chi connectivity index (χ0n) is 13.6. The van der Waals surface area contributed by atoms with Crippen LogP contribution in [0.25, 0.3) is 0 Å². The molecule has 2 amide bonds. The number of thioether (sulfide) groups is 1. The predicted molar refractivity (Wildman–Crippen MR) is 88.1 cm³/mol. The van der Waals surface area contributed by atoms with Gasteiger partial charge in [0.25, 0.3) is 0 Å². The van der Waals surface area contributed by atoms with Gasteiger partial charge in [-0.15, -0.1) is 11.8 Å². The molecule has 0 aliphatic carbocycles. The van der Waals surface area contributed by atoms with Crippen molar-refractivity contribution >= 4 is 29.5 Å². The second-order valence-electron chi connectivity index (χ2n) is 6.63. The van der Waals surface area contributed by atoms with Crippen LogP contribution in [0.5, 0.6) is 5.75 Å². The lowest BCUT2D eigenvalue weighted by atomic mass is 9.95. The molecule has 9 heteroatoms. The van der Waals surface area contributed by atoms with Crippen LogP contribution in [0, 0.1) is 0 Å². The number of β-lactam (4-membered cyclic amide) rings is 1. The van der Waals surface area contributed by atoms with Gasteiger partial charge in [0, 0.05) is 4.75 Å². The molecule has 2 saturated heterocycles. The number of aromatic hydroxyl groups is 1. The Bertz CT molecular complexity index is 736. The first kappa shape index (κ1) is 17.6. The van der Waals surface area contributed by atoms with Gasteiger partial charge in [0.15, 0.2) is 0 Å². The summed E-state index contributed by atoms with van der Waals surface area (Å²) in [4.78, 5) is 37.3. The number of nitrogens with one attached hydrogen (secondary N) is 1. The summed E-state index contributed by atoms with van der Waals surface area (Å²) in [5.41, 5.74) is 6.39. The highest BCUT2D eigenvalue weighted by Crippen LogP contribution is 2.50. The summed E-state index contributed by atoms with van der Waals surface area (Å²) in [5, 5.41) is 22.8. The molecule has 0 spiro atoms. The number of carbonyl (C=O) groups is 3. The molecule has 2 fully saturated rings. The Morgan fingerprint density at radius 1 is 1.36 bits per heavy atom. The number of benzene rings is 1. The lowest BCUT2D eigenvalue weighted by molar-refractivity contribution is -0.312. The molecule has 8 nitrogen and oxygen atoms in total. The van der Waals surface area contributed by atoms with Gasteiger partial charge in [-0.05, 0) is 31.5 Å². The number of fused-ring (bicyclic) bond motifs is 1. The molecule has 4 unspecified atom stereocenters. The van der Waals surface area contributed by atoms with Crippen LogP contribution in [0.4, 0.5) is 0 Å². The number of amides is 2. The van der Waals surface area contributed by atoms with Gasteiger partial charge in [-0.2, -0.15) is 0 Å². The summed E-state index contributed by atoms with van der Waals surface area (Å²) >= 11 is 1.31. The van der Waals surface area contributed by atoms with E-state index in [1.165, 1.54) is 40.9 Å². The monoisotopic (exact) mass is 364 g/mol. The van der Waals surface area contributed by atoms with E-state index < -0.39 is 46.0 Å².